The van der Waals surface area contributed by atoms with Crippen LogP contribution in [0.5, 0.6) is 0 Å². The second kappa shape index (κ2) is 8.19. The van der Waals surface area contributed by atoms with Gasteiger partial charge in [0.15, 0.2) is 0 Å². The third-order valence-corrected chi connectivity index (χ3v) is 18.5. The van der Waals surface area contributed by atoms with Crippen molar-refractivity contribution in [2.24, 2.45) is 5.41 Å². The van der Waals surface area contributed by atoms with Crippen molar-refractivity contribution in [1.29, 1.82) is 0 Å². The molecule has 0 aromatic heterocycles. The molecule has 119 valence electrons. The van der Waals surface area contributed by atoms with Crippen LogP contribution in [0.25, 0.3) is 0 Å². The van der Waals surface area contributed by atoms with E-state index in [0.717, 1.165) is 0 Å². The Kier molecular flexibility index (Phi) is 9.63. The van der Waals surface area contributed by atoms with Gasteiger partial charge in [-0.15, -0.1) is 24.8 Å². The predicted molar refractivity (Wildman–Crippen MR) is 99.2 cm³/mol. The molecule has 0 heterocycles. The first-order valence-corrected chi connectivity index (χ1v) is 13.2. The summed E-state index contributed by atoms with van der Waals surface area (Å²) in [6.07, 6.45) is 2.77. The summed E-state index contributed by atoms with van der Waals surface area (Å²) < 4.78 is 1.54. The minimum Gasteiger partial charge on any atom is -0.147 e. The Hall–Kier alpha value is 1.24. The molecule has 0 spiro atoms. The van der Waals surface area contributed by atoms with Crippen molar-refractivity contribution in [3.63, 3.8) is 0 Å². The van der Waals surface area contributed by atoms with Gasteiger partial charge in [-0.3, -0.25) is 0 Å². The van der Waals surface area contributed by atoms with Gasteiger partial charge in [-0.25, -0.2) is 0 Å². The van der Waals surface area contributed by atoms with Crippen LogP contribution >= 0.6 is 32.3 Å². The van der Waals surface area contributed by atoms with Crippen LogP contribution in [-0.4, -0.2) is 20.1 Å². The van der Waals surface area contributed by atoms with Gasteiger partial charge >= 0.3 is 125 Å². The third kappa shape index (κ3) is 3.76. The second-order valence-electron chi connectivity index (χ2n) is 6.31. The molecule has 0 aromatic rings. The largest absolute Gasteiger partial charge is 0.147 e. The van der Waals surface area contributed by atoms with Gasteiger partial charge in [-0.1, -0.05) is 0 Å². The molecule has 0 unspecified atom stereocenters. The zero-order chi connectivity index (χ0) is 14.3. The fourth-order valence-electron chi connectivity index (χ4n) is 3.22. The fraction of sp³-hybridized carbons (Fsp3) is 0.733. The summed E-state index contributed by atoms with van der Waals surface area (Å²) in [7, 11) is -1.10. The van der Waals surface area contributed by atoms with E-state index >= 15 is 0 Å². The van der Waals surface area contributed by atoms with Gasteiger partial charge in [0.05, 0.1) is 0 Å². The van der Waals surface area contributed by atoms with Gasteiger partial charge in [-0.05, 0) is 0 Å². The fourth-order valence-corrected chi connectivity index (χ4v) is 16.1. The zero-order valence-corrected chi connectivity index (χ0v) is 18.9. The molecule has 0 N–H and O–H groups in total. The number of rotatable bonds is 4. The molecule has 0 aromatic carbocycles. The average molecular weight is 392 g/mol. The third-order valence-electron chi connectivity index (χ3n) is 4.84. The van der Waals surface area contributed by atoms with Crippen LogP contribution in [0.3, 0.4) is 0 Å². The molecule has 1 aliphatic rings. The maximum absolute atomic E-state index is 3.43. The molecule has 5 heteroatoms. The topological polar surface area (TPSA) is 0 Å². The van der Waals surface area contributed by atoms with Crippen LogP contribution in [0.2, 0.25) is 13.1 Å². The quantitative estimate of drug-likeness (QED) is 0.391. The van der Waals surface area contributed by atoms with Crippen molar-refractivity contribution >= 4 is 40.0 Å². The van der Waals surface area contributed by atoms with Crippen LogP contribution in [0.4, 0.5) is 0 Å². The molecule has 0 nitrogen and oxygen atoms in total. The maximum Gasteiger partial charge on any atom is -0.147 e. The van der Waals surface area contributed by atoms with E-state index in [0.29, 0.717) is 0 Å². The molecule has 0 amide bonds. The number of hydrogen-bond donors (Lipinski definition) is 0. The summed E-state index contributed by atoms with van der Waals surface area (Å²) in [4.78, 5) is 0. The Balaban J connectivity index is 0. The molecule has 0 aliphatic heterocycles. The summed E-state index contributed by atoms with van der Waals surface area (Å²) in [5, 5.41) is 1.75. The number of allylic oxidation sites excluding steroid dienone is 4. The Morgan fingerprint density at radius 1 is 1.05 bits per heavy atom. The molecular weight excluding hydrogens is 362 g/mol. The molecule has 0 saturated carbocycles. The van der Waals surface area contributed by atoms with Gasteiger partial charge in [0.1, 0.15) is 0 Å². The smallest absolute Gasteiger partial charge is 0.147 e. The van der Waals surface area contributed by atoms with E-state index in [4.69, 9.17) is 0 Å². The Labute approximate surface area is 149 Å². The van der Waals surface area contributed by atoms with E-state index in [9.17, 15) is 0 Å². The van der Waals surface area contributed by atoms with Gasteiger partial charge in [0, 0.05) is 0 Å². The Morgan fingerprint density at radius 3 is 1.70 bits per heavy atom. The van der Waals surface area contributed by atoms with Crippen molar-refractivity contribution in [2.45, 2.75) is 54.6 Å². The van der Waals surface area contributed by atoms with Crippen molar-refractivity contribution < 1.29 is 16.3 Å². The van der Waals surface area contributed by atoms with Crippen LogP contribution in [0, 0.1) is 5.41 Å². The van der Waals surface area contributed by atoms with Crippen molar-refractivity contribution in [1.82, 2.24) is 0 Å². The first-order valence-electron chi connectivity index (χ1n) is 6.97. The Morgan fingerprint density at radius 2 is 1.45 bits per heavy atom. The SMILES string of the molecule is CCP(CC)[Si](C)(C)C1=[C]([Cr])C(C)(C)C(C)=C1C.Cl.Cl. The molecule has 1 aliphatic carbocycles. The summed E-state index contributed by atoms with van der Waals surface area (Å²) in [5.41, 5.74) is 3.42. The summed E-state index contributed by atoms with van der Waals surface area (Å²) >= 11 is 3.43. The van der Waals surface area contributed by atoms with E-state index in [2.05, 4.69) is 70.9 Å². The van der Waals surface area contributed by atoms with Crippen LogP contribution in [-0.2, 0) is 16.3 Å². The van der Waals surface area contributed by atoms with Crippen LogP contribution < -0.4 is 0 Å². The molecule has 0 atom stereocenters. The zero-order valence-electron chi connectivity index (χ0n) is 14.1. The summed E-state index contributed by atoms with van der Waals surface area (Å²) in [5.74, 6) is 0. The monoisotopic (exact) mass is 391 g/mol. The van der Waals surface area contributed by atoms with Crippen molar-refractivity contribution in [3.8, 4) is 0 Å². The first-order chi connectivity index (χ1) is 8.12. The predicted octanol–water partition coefficient (Wildman–Crippen LogP) is 6.27. The van der Waals surface area contributed by atoms with Crippen LogP contribution in [0.15, 0.2) is 20.8 Å². The average Bonchev–Trinajstić information content (AvgIpc) is 2.42. The number of hydrogen-bond acceptors (Lipinski definition) is 0. The van der Waals surface area contributed by atoms with E-state index in [-0.39, 0.29) is 37.7 Å². The van der Waals surface area contributed by atoms with Gasteiger partial charge in [-0.2, -0.15) is 0 Å². The van der Waals surface area contributed by atoms with E-state index in [1.165, 1.54) is 12.3 Å². The molecule has 0 bridgehead atoms. The van der Waals surface area contributed by atoms with Crippen molar-refractivity contribution in [3.05, 3.63) is 20.8 Å². The molecule has 0 fully saturated rings. The van der Waals surface area contributed by atoms with E-state index in [1.54, 1.807) is 20.8 Å². The van der Waals surface area contributed by atoms with E-state index in [1.807, 2.05) is 0 Å². The van der Waals surface area contributed by atoms with Crippen LogP contribution in [0.1, 0.15) is 41.5 Å². The van der Waals surface area contributed by atoms with Gasteiger partial charge in [0.25, 0.3) is 0 Å². The number of halogens is 2. The van der Waals surface area contributed by atoms with Gasteiger partial charge in [0.2, 0.25) is 0 Å². The normalized spacial score (nSPS) is 18.2. The first kappa shape index (κ1) is 23.5. The van der Waals surface area contributed by atoms with E-state index < -0.39 is 7.74 Å². The molecular formula is C15H30Cl2CrPSi. The summed E-state index contributed by atoms with van der Waals surface area (Å²) in [6.45, 7) is 19.4. The summed E-state index contributed by atoms with van der Waals surface area (Å²) in [6, 6.07) is 0. The second-order valence-corrected chi connectivity index (χ2v) is 18.2. The molecule has 20 heavy (non-hydrogen) atoms. The standard InChI is InChI=1S/C15H28PSi.2ClH.Cr/c1-9-16(10-2)17(7,8)14-11-15(5,6)13(4)12(14)3;;;/h9-10H2,1-8H3;2*1H;. The van der Waals surface area contributed by atoms with Crippen molar-refractivity contribution in [2.75, 3.05) is 12.3 Å². The minimum absolute atomic E-state index is 0. The molecule has 0 radical (unpaired) electrons. The minimum atomic E-state index is -1.30. The maximum atomic E-state index is 3.43. The molecule has 0 saturated heterocycles. The van der Waals surface area contributed by atoms with Gasteiger partial charge < -0.3 is 0 Å². The Bertz CT molecular complexity index is 410. The molecule has 1 rings (SSSR count).